The largest absolute Gasteiger partial charge is 0.416 e. The Bertz CT molecular complexity index is 1560. The smallest absolute Gasteiger partial charge is 0.382 e. The zero-order valence-corrected chi connectivity index (χ0v) is 23.5. The number of alkyl halides is 3. The summed E-state index contributed by atoms with van der Waals surface area (Å²) in [4.78, 5) is 25.3. The number of piperidine rings is 1. The molecule has 0 unspecified atom stereocenters. The lowest BCUT2D eigenvalue weighted by atomic mass is 9.83. The van der Waals surface area contributed by atoms with Gasteiger partial charge in [0.2, 0.25) is 5.91 Å². The molecule has 218 valence electrons. The van der Waals surface area contributed by atoms with Gasteiger partial charge in [-0.05, 0) is 80.1 Å². The van der Waals surface area contributed by atoms with E-state index in [-0.39, 0.29) is 23.2 Å². The Kier molecular flexibility index (Phi) is 7.75. The van der Waals surface area contributed by atoms with Gasteiger partial charge >= 0.3 is 6.18 Å². The molecule has 2 aromatic carbocycles. The molecule has 3 heterocycles. The molecule has 0 bridgehead atoms. The average Bonchev–Trinajstić information content (AvgIpc) is 3.50. The Morgan fingerprint density at radius 1 is 0.905 bits per heavy atom. The van der Waals surface area contributed by atoms with E-state index in [1.165, 1.54) is 31.9 Å². The normalized spacial score (nSPS) is 19.7. The number of anilines is 3. The van der Waals surface area contributed by atoms with E-state index in [4.69, 9.17) is 4.98 Å². The van der Waals surface area contributed by atoms with E-state index >= 15 is 0 Å². The van der Waals surface area contributed by atoms with Crippen LogP contribution in [-0.4, -0.2) is 28.5 Å². The summed E-state index contributed by atoms with van der Waals surface area (Å²) < 4.78 is 40.8. The fourth-order valence-corrected chi connectivity index (χ4v) is 6.44. The molecule has 9 heteroatoms. The molecule has 1 saturated heterocycles. The average molecular weight is 574 g/mol. The lowest BCUT2D eigenvalue weighted by Gasteiger charge is -2.42. The fraction of sp³-hybridized carbons (Fsp3) is 0.364. The minimum Gasteiger partial charge on any atom is -0.382 e. The number of fused-ring (bicyclic) bond motifs is 1. The topological polar surface area (TPSA) is 70.2 Å². The molecule has 4 aromatic rings. The summed E-state index contributed by atoms with van der Waals surface area (Å²) in [6.45, 7) is 2.09. The fourth-order valence-electron chi connectivity index (χ4n) is 6.44. The predicted molar refractivity (Wildman–Crippen MR) is 159 cm³/mol. The maximum absolute atomic E-state index is 13.9. The molecule has 0 radical (unpaired) electrons. The molecule has 1 aliphatic heterocycles. The summed E-state index contributed by atoms with van der Waals surface area (Å²) >= 11 is 0. The summed E-state index contributed by atoms with van der Waals surface area (Å²) in [5.41, 5.74) is 2.23. The van der Waals surface area contributed by atoms with Crippen LogP contribution in [0.1, 0.15) is 61.3 Å². The third kappa shape index (κ3) is 5.78. The molecular weight excluding hydrogens is 539 g/mol. The minimum atomic E-state index is -4.50. The van der Waals surface area contributed by atoms with Crippen molar-refractivity contribution in [3.8, 4) is 0 Å². The number of pyridine rings is 2. The standard InChI is InChI=1S/C33H34F3N5O/c1-21-10-13-26(20-28(21)33(34,35)36)40-32(42)27-9-5-19-41(31-29-22(16-18-38-31)6-4-17-37-29)30(27)23-11-14-25(15-12-23)39-24-7-2-3-8-24/h4,6,10-18,20,24,27,30,39H,2-3,5,7-9,19H2,1H3,(H,40,42)/t27-,30-/m0/s1. The molecule has 1 amide bonds. The molecule has 1 saturated carbocycles. The van der Waals surface area contributed by atoms with Crippen LogP contribution < -0.4 is 15.5 Å². The Morgan fingerprint density at radius 3 is 2.43 bits per heavy atom. The van der Waals surface area contributed by atoms with E-state index in [2.05, 4.69) is 32.7 Å². The zero-order valence-electron chi connectivity index (χ0n) is 23.5. The van der Waals surface area contributed by atoms with Crippen molar-refractivity contribution in [1.82, 2.24) is 9.97 Å². The number of carbonyl (C=O) groups excluding carboxylic acids is 1. The number of amides is 1. The van der Waals surface area contributed by atoms with Crippen LogP contribution in [-0.2, 0) is 11.0 Å². The molecule has 2 aliphatic rings. The zero-order chi connectivity index (χ0) is 29.3. The van der Waals surface area contributed by atoms with Crippen LogP contribution in [0.25, 0.3) is 10.9 Å². The quantitative estimate of drug-likeness (QED) is 0.245. The molecule has 6 rings (SSSR count). The molecule has 1 aliphatic carbocycles. The van der Waals surface area contributed by atoms with E-state index < -0.39 is 17.7 Å². The lowest BCUT2D eigenvalue weighted by molar-refractivity contribution is -0.138. The Labute approximate surface area is 243 Å². The molecule has 2 fully saturated rings. The molecule has 2 N–H and O–H groups in total. The number of nitrogens with one attached hydrogen (secondary N) is 2. The van der Waals surface area contributed by atoms with Gasteiger partial charge in [0, 0.05) is 41.7 Å². The van der Waals surface area contributed by atoms with E-state index in [1.807, 2.05) is 30.3 Å². The first-order valence-corrected chi connectivity index (χ1v) is 14.6. The van der Waals surface area contributed by atoms with Crippen LogP contribution in [0, 0.1) is 12.8 Å². The molecule has 2 atom stereocenters. The highest BCUT2D eigenvalue weighted by atomic mass is 19.4. The summed E-state index contributed by atoms with van der Waals surface area (Å²) in [5, 5.41) is 7.37. The molecule has 42 heavy (non-hydrogen) atoms. The number of hydrogen-bond acceptors (Lipinski definition) is 5. The van der Waals surface area contributed by atoms with Crippen molar-refractivity contribution in [3.63, 3.8) is 0 Å². The monoisotopic (exact) mass is 573 g/mol. The third-order valence-corrected chi connectivity index (χ3v) is 8.53. The first kappa shape index (κ1) is 28.0. The van der Waals surface area contributed by atoms with Gasteiger partial charge in [0.05, 0.1) is 17.5 Å². The molecule has 6 nitrogen and oxygen atoms in total. The van der Waals surface area contributed by atoms with Gasteiger partial charge in [-0.1, -0.05) is 37.1 Å². The number of nitrogens with zero attached hydrogens (tertiary/aromatic N) is 3. The maximum Gasteiger partial charge on any atom is 0.416 e. The van der Waals surface area contributed by atoms with E-state index in [9.17, 15) is 18.0 Å². The lowest BCUT2D eigenvalue weighted by Crippen LogP contribution is -2.44. The Morgan fingerprint density at radius 2 is 1.67 bits per heavy atom. The van der Waals surface area contributed by atoms with Crippen LogP contribution in [0.4, 0.5) is 30.4 Å². The van der Waals surface area contributed by atoms with Crippen molar-refractivity contribution in [3.05, 3.63) is 89.7 Å². The second-order valence-corrected chi connectivity index (χ2v) is 11.4. The van der Waals surface area contributed by atoms with Crippen molar-refractivity contribution < 1.29 is 18.0 Å². The molecule has 0 spiro atoms. The number of benzene rings is 2. The third-order valence-electron chi connectivity index (χ3n) is 8.53. The molecular formula is C33H34F3N5O. The van der Waals surface area contributed by atoms with Crippen LogP contribution in [0.2, 0.25) is 0 Å². The number of rotatable bonds is 6. The van der Waals surface area contributed by atoms with Crippen molar-refractivity contribution in [1.29, 1.82) is 0 Å². The van der Waals surface area contributed by atoms with Crippen molar-refractivity contribution in [2.75, 3.05) is 22.1 Å². The first-order valence-electron chi connectivity index (χ1n) is 14.6. The van der Waals surface area contributed by atoms with Gasteiger partial charge in [-0.3, -0.25) is 9.78 Å². The SMILES string of the molecule is Cc1ccc(NC(=O)[C@H]2CCCN(c3nccc4cccnc34)[C@H]2c2ccc(NC3CCCC3)cc2)cc1C(F)(F)F. The van der Waals surface area contributed by atoms with Gasteiger partial charge < -0.3 is 15.5 Å². The van der Waals surface area contributed by atoms with Crippen molar-refractivity contribution >= 4 is 34.0 Å². The highest BCUT2D eigenvalue weighted by molar-refractivity contribution is 5.94. The number of halogens is 3. The molecule has 2 aromatic heterocycles. The van der Waals surface area contributed by atoms with Crippen molar-refractivity contribution in [2.24, 2.45) is 5.92 Å². The second kappa shape index (κ2) is 11.6. The van der Waals surface area contributed by atoms with Crippen LogP contribution in [0.3, 0.4) is 0 Å². The summed E-state index contributed by atoms with van der Waals surface area (Å²) in [6.07, 6.45) is 5.09. The van der Waals surface area contributed by atoms with E-state index in [0.29, 0.717) is 24.8 Å². The predicted octanol–water partition coefficient (Wildman–Crippen LogP) is 7.91. The van der Waals surface area contributed by atoms with Crippen LogP contribution in [0.15, 0.2) is 73.1 Å². The van der Waals surface area contributed by atoms with Gasteiger partial charge in [0.15, 0.2) is 5.82 Å². The van der Waals surface area contributed by atoms with E-state index in [1.54, 1.807) is 12.4 Å². The highest BCUT2D eigenvalue weighted by Gasteiger charge is 2.39. The van der Waals surface area contributed by atoms with Gasteiger partial charge in [0.25, 0.3) is 0 Å². The van der Waals surface area contributed by atoms with Crippen molar-refractivity contribution in [2.45, 2.75) is 63.7 Å². The van der Waals surface area contributed by atoms with Gasteiger partial charge in [0.1, 0.15) is 5.52 Å². The maximum atomic E-state index is 13.9. The second-order valence-electron chi connectivity index (χ2n) is 11.4. The Balaban J connectivity index is 1.35. The van der Waals surface area contributed by atoms with Crippen LogP contribution in [0.5, 0.6) is 0 Å². The summed E-state index contributed by atoms with van der Waals surface area (Å²) in [5.74, 6) is -0.148. The number of aryl methyl sites for hydroxylation is 1. The van der Waals surface area contributed by atoms with Gasteiger partial charge in [-0.25, -0.2) is 4.98 Å². The number of carbonyl (C=O) groups is 1. The Hall–Kier alpha value is -4.14. The number of aromatic nitrogens is 2. The minimum absolute atomic E-state index is 0.114. The van der Waals surface area contributed by atoms with Gasteiger partial charge in [-0.2, -0.15) is 13.2 Å². The summed E-state index contributed by atoms with van der Waals surface area (Å²) in [7, 11) is 0. The van der Waals surface area contributed by atoms with E-state index in [0.717, 1.165) is 47.5 Å². The van der Waals surface area contributed by atoms with Crippen LogP contribution >= 0.6 is 0 Å². The summed E-state index contributed by atoms with van der Waals surface area (Å²) in [6, 6.07) is 18.0. The first-order chi connectivity index (χ1) is 20.3. The van der Waals surface area contributed by atoms with Gasteiger partial charge in [-0.15, -0.1) is 0 Å². The number of hydrogen-bond donors (Lipinski definition) is 2. The highest BCUT2D eigenvalue weighted by Crippen LogP contribution is 2.42.